The number of hydrogen-bond donors (Lipinski definition) is 4. The Labute approximate surface area is 201 Å². The van der Waals surface area contributed by atoms with Crippen LogP contribution in [0.4, 0.5) is 10.1 Å². The number of aromatic nitrogens is 2. The molecule has 0 bridgehead atoms. The van der Waals surface area contributed by atoms with E-state index in [0.29, 0.717) is 16.6 Å². The summed E-state index contributed by atoms with van der Waals surface area (Å²) in [4.78, 5) is 40.2. The first-order valence-electron chi connectivity index (χ1n) is 10.2. The molecule has 0 saturated heterocycles. The number of rotatable bonds is 8. The summed E-state index contributed by atoms with van der Waals surface area (Å²) in [5.41, 5.74) is 0.258. The Morgan fingerprint density at radius 3 is 2.56 bits per heavy atom. The molecule has 8 nitrogen and oxygen atoms in total. The van der Waals surface area contributed by atoms with E-state index >= 15 is 0 Å². The SMILES string of the molecule is CNc1cc2[nH]c(=O)n(-c3ccc(CNC(CC(=O)O)c4ccc(Cl)s4)cc3)c(=O)c2cc1F. The maximum Gasteiger partial charge on any atom is 0.333 e. The molecule has 0 amide bonds. The Hall–Kier alpha value is -3.47. The molecule has 2 heterocycles. The molecule has 4 aromatic rings. The lowest BCUT2D eigenvalue weighted by atomic mass is 10.1. The standard InChI is InChI=1S/C23H20ClFN4O4S/c1-26-17-9-16-14(8-15(17)25)22(32)29(23(33)28-16)13-4-2-12(3-5-13)11-27-18(10-21(30)31)19-6-7-20(24)34-19/h2-9,18,26-27H,10-11H2,1H3,(H,28,33)(H,30,31). The van der Waals surface area contributed by atoms with Crippen molar-refractivity contribution in [2.24, 2.45) is 0 Å². The zero-order valence-electron chi connectivity index (χ0n) is 17.9. The fraction of sp³-hybridized carbons (Fsp3) is 0.174. The molecule has 0 aliphatic carbocycles. The molecule has 1 atom stereocenters. The number of carboxylic acids is 1. The Bertz CT molecular complexity index is 1480. The van der Waals surface area contributed by atoms with Crippen molar-refractivity contribution in [2.45, 2.75) is 19.0 Å². The fourth-order valence-electron chi connectivity index (χ4n) is 3.63. The summed E-state index contributed by atoms with van der Waals surface area (Å²) >= 11 is 7.30. The number of H-pyrrole nitrogens is 1. The molecule has 2 aromatic carbocycles. The van der Waals surface area contributed by atoms with Crippen LogP contribution in [0, 0.1) is 5.82 Å². The normalized spacial score (nSPS) is 12.1. The molecule has 0 spiro atoms. The minimum Gasteiger partial charge on any atom is -0.481 e. The topological polar surface area (TPSA) is 116 Å². The van der Waals surface area contributed by atoms with Gasteiger partial charge in [-0.2, -0.15) is 0 Å². The van der Waals surface area contributed by atoms with E-state index in [4.69, 9.17) is 11.6 Å². The molecule has 0 aliphatic rings. The van der Waals surface area contributed by atoms with Gasteiger partial charge >= 0.3 is 11.7 Å². The van der Waals surface area contributed by atoms with Crippen molar-refractivity contribution in [3.63, 3.8) is 0 Å². The smallest absolute Gasteiger partial charge is 0.333 e. The van der Waals surface area contributed by atoms with Crippen molar-refractivity contribution in [1.82, 2.24) is 14.9 Å². The highest BCUT2D eigenvalue weighted by Crippen LogP contribution is 2.29. The number of carbonyl (C=O) groups is 1. The lowest BCUT2D eigenvalue weighted by molar-refractivity contribution is -0.137. The van der Waals surface area contributed by atoms with Crippen LogP contribution in [0.15, 0.2) is 58.1 Å². The Kier molecular flexibility index (Phi) is 6.82. The number of anilines is 1. The third kappa shape index (κ3) is 4.89. The van der Waals surface area contributed by atoms with Crippen molar-refractivity contribution in [3.05, 3.63) is 90.0 Å². The monoisotopic (exact) mass is 502 g/mol. The zero-order valence-corrected chi connectivity index (χ0v) is 19.5. The number of hydrogen-bond acceptors (Lipinski definition) is 6. The van der Waals surface area contributed by atoms with E-state index in [2.05, 4.69) is 15.6 Å². The molecule has 4 rings (SSSR count). The maximum atomic E-state index is 14.2. The van der Waals surface area contributed by atoms with Crippen LogP contribution in [0.5, 0.6) is 0 Å². The largest absolute Gasteiger partial charge is 0.481 e. The van der Waals surface area contributed by atoms with Crippen molar-refractivity contribution in [1.29, 1.82) is 0 Å². The minimum atomic E-state index is -0.939. The van der Waals surface area contributed by atoms with Gasteiger partial charge in [-0.25, -0.2) is 13.8 Å². The number of nitrogens with one attached hydrogen (secondary N) is 3. The first kappa shape index (κ1) is 23.7. The molecule has 176 valence electrons. The third-order valence-corrected chi connectivity index (χ3v) is 6.66. The second-order valence-electron chi connectivity index (χ2n) is 7.54. The summed E-state index contributed by atoms with van der Waals surface area (Å²) in [5, 5.41) is 15.2. The second kappa shape index (κ2) is 9.80. The molecule has 0 aliphatic heterocycles. The van der Waals surface area contributed by atoms with Crippen LogP contribution in [-0.2, 0) is 11.3 Å². The van der Waals surface area contributed by atoms with Crippen LogP contribution in [-0.4, -0.2) is 27.7 Å². The van der Waals surface area contributed by atoms with Gasteiger partial charge in [-0.3, -0.25) is 9.59 Å². The number of aromatic amines is 1. The summed E-state index contributed by atoms with van der Waals surface area (Å²) in [6.07, 6.45) is -0.109. The van der Waals surface area contributed by atoms with E-state index in [-0.39, 0.29) is 23.0 Å². The average molecular weight is 503 g/mol. The van der Waals surface area contributed by atoms with Gasteiger partial charge in [0.1, 0.15) is 5.82 Å². The molecule has 34 heavy (non-hydrogen) atoms. The van der Waals surface area contributed by atoms with E-state index in [1.807, 2.05) is 0 Å². The molecular weight excluding hydrogens is 483 g/mol. The van der Waals surface area contributed by atoms with Gasteiger partial charge < -0.3 is 20.7 Å². The van der Waals surface area contributed by atoms with Gasteiger partial charge in [-0.15, -0.1) is 11.3 Å². The summed E-state index contributed by atoms with van der Waals surface area (Å²) < 4.78 is 15.7. The lowest BCUT2D eigenvalue weighted by Crippen LogP contribution is -2.33. The number of aliphatic carboxylic acids is 1. The molecule has 2 aromatic heterocycles. The van der Waals surface area contributed by atoms with Crippen LogP contribution in [0.25, 0.3) is 16.6 Å². The van der Waals surface area contributed by atoms with Crippen molar-refractivity contribution in [3.8, 4) is 5.69 Å². The molecule has 0 fully saturated rings. The van der Waals surface area contributed by atoms with E-state index in [1.165, 1.54) is 17.4 Å². The van der Waals surface area contributed by atoms with Gasteiger partial charge in [0.15, 0.2) is 0 Å². The van der Waals surface area contributed by atoms with Crippen LogP contribution in [0.2, 0.25) is 4.34 Å². The van der Waals surface area contributed by atoms with Crippen molar-refractivity contribution >= 4 is 45.5 Å². The van der Waals surface area contributed by atoms with Gasteiger partial charge in [-0.05, 0) is 42.0 Å². The molecule has 0 saturated carbocycles. The molecule has 1 unspecified atom stereocenters. The van der Waals surface area contributed by atoms with Gasteiger partial charge in [0.2, 0.25) is 0 Å². The number of carboxylic acid groups (broad SMARTS) is 1. The summed E-state index contributed by atoms with van der Waals surface area (Å²) in [5.74, 6) is -1.54. The highest BCUT2D eigenvalue weighted by molar-refractivity contribution is 7.16. The summed E-state index contributed by atoms with van der Waals surface area (Å²) in [7, 11) is 1.54. The number of benzene rings is 2. The van der Waals surface area contributed by atoms with E-state index < -0.39 is 29.1 Å². The molecule has 0 radical (unpaired) electrons. The van der Waals surface area contributed by atoms with Crippen LogP contribution >= 0.6 is 22.9 Å². The third-order valence-electron chi connectivity index (χ3n) is 5.32. The van der Waals surface area contributed by atoms with E-state index in [9.17, 15) is 23.9 Å². The maximum absolute atomic E-state index is 14.2. The minimum absolute atomic E-state index is 0.0490. The van der Waals surface area contributed by atoms with Crippen molar-refractivity contribution < 1.29 is 14.3 Å². The lowest BCUT2D eigenvalue weighted by Gasteiger charge is -2.16. The number of halogens is 2. The fourth-order valence-corrected chi connectivity index (χ4v) is 4.77. The zero-order chi connectivity index (χ0) is 24.4. The highest BCUT2D eigenvalue weighted by Gasteiger charge is 2.17. The van der Waals surface area contributed by atoms with Crippen molar-refractivity contribution in [2.75, 3.05) is 12.4 Å². The van der Waals surface area contributed by atoms with Crippen LogP contribution in [0.3, 0.4) is 0 Å². The first-order valence-corrected chi connectivity index (χ1v) is 11.4. The number of fused-ring (bicyclic) bond motifs is 1. The molecule has 4 N–H and O–H groups in total. The second-order valence-corrected chi connectivity index (χ2v) is 9.28. The Morgan fingerprint density at radius 2 is 1.94 bits per heavy atom. The van der Waals surface area contributed by atoms with Gasteiger partial charge in [-0.1, -0.05) is 23.7 Å². The predicted molar refractivity (Wildman–Crippen MR) is 131 cm³/mol. The quantitative estimate of drug-likeness (QED) is 0.290. The average Bonchev–Trinajstić information content (AvgIpc) is 3.23. The Morgan fingerprint density at radius 1 is 1.21 bits per heavy atom. The number of nitrogens with zero attached hydrogens (tertiary/aromatic N) is 1. The predicted octanol–water partition coefficient (Wildman–Crippen LogP) is 3.88. The molecule has 11 heteroatoms. The first-order chi connectivity index (χ1) is 16.3. The van der Waals surface area contributed by atoms with E-state index in [1.54, 1.807) is 43.4 Å². The summed E-state index contributed by atoms with van der Waals surface area (Å²) in [6.45, 7) is 0.356. The van der Waals surface area contributed by atoms with Gasteiger partial charge in [0, 0.05) is 18.5 Å². The number of thiophene rings is 1. The van der Waals surface area contributed by atoms with Gasteiger partial charge in [0.05, 0.1) is 39.1 Å². The van der Waals surface area contributed by atoms with Crippen LogP contribution in [0.1, 0.15) is 22.9 Å². The van der Waals surface area contributed by atoms with Gasteiger partial charge in [0.25, 0.3) is 5.56 Å². The molecular formula is C23H20ClFN4O4S. The summed E-state index contributed by atoms with van der Waals surface area (Å²) in [6, 6.07) is 12.2. The highest BCUT2D eigenvalue weighted by atomic mass is 35.5. The van der Waals surface area contributed by atoms with Crippen LogP contribution < -0.4 is 21.9 Å². The Balaban J connectivity index is 1.59. The van der Waals surface area contributed by atoms with E-state index in [0.717, 1.165) is 21.1 Å².